The molecule has 1 N–H and O–H groups in total. The standard InChI is InChI=1S/C21H20ClN7O/c1-12(2)29-20-16(9-24-29)15(8-17(26-20)13-3-4-13)21(30)27-18-7-14(22)5-6-19(18)28-11-23-10-25-28/h5-13H,3-4H2,1-2H3,(H,27,30). The van der Waals surface area contributed by atoms with E-state index in [9.17, 15) is 4.79 Å². The van der Waals surface area contributed by atoms with E-state index in [0.717, 1.165) is 29.6 Å². The van der Waals surface area contributed by atoms with E-state index in [1.165, 1.54) is 6.33 Å². The van der Waals surface area contributed by atoms with Crippen LogP contribution < -0.4 is 5.32 Å². The van der Waals surface area contributed by atoms with E-state index in [1.807, 2.05) is 24.6 Å². The Morgan fingerprint density at radius 2 is 2.07 bits per heavy atom. The van der Waals surface area contributed by atoms with E-state index in [4.69, 9.17) is 16.6 Å². The maximum absolute atomic E-state index is 13.4. The van der Waals surface area contributed by atoms with Crippen molar-refractivity contribution in [2.24, 2.45) is 0 Å². The lowest BCUT2D eigenvalue weighted by atomic mass is 10.1. The summed E-state index contributed by atoms with van der Waals surface area (Å²) in [7, 11) is 0. The molecule has 3 aromatic heterocycles. The molecule has 0 unspecified atom stereocenters. The fourth-order valence-corrected chi connectivity index (χ4v) is 3.69. The Hall–Kier alpha value is -3.26. The number of carbonyl (C=O) groups excluding carboxylic acids is 1. The lowest BCUT2D eigenvalue weighted by Crippen LogP contribution is -2.15. The van der Waals surface area contributed by atoms with Crippen LogP contribution in [0.4, 0.5) is 5.69 Å². The minimum absolute atomic E-state index is 0.146. The van der Waals surface area contributed by atoms with Gasteiger partial charge in [0, 0.05) is 22.7 Å². The number of anilines is 1. The number of hydrogen-bond acceptors (Lipinski definition) is 5. The van der Waals surface area contributed by atoms with Crippen molar-refractivity contribution in [2.45, 2.75) is 38.6 Å². The molecule has 0 radical (unpaired) electrons. The van der Waals surface area contributed by atoms with Crippen LogP contribution in [-0.4, -0.2) is 35.4 Å². The monoisotopic (exact) mass is 421 g/mol. The van der Waals surface area contributed by atoms with Crippen molar-refractivity contribution < 1.29 is 4.79 Å². The number of fused-ring (bicyclic) bond motifs is 1. The molecule has 152 valence electrons. The first-order valence-corrected chi connectivity index (χ1v) is 10.2. The predicted octanol–water partition coefficient (Wildman–Crippen LogP) is 4.38. The highest BCUT2D eigenvalue weighted by Crippen LogP contribution is 2.40. The smallest absolute Gasteiger partial charge is 0.256 e. The number of nitrogens with one attached hydrogen (secondary N) is 1. The molecular weight excluding hydrogens is 402 g/mol. The van der Waals surface area contributed by atoms with E-state index in [2.05, 4.69) is 20.5 Å². The Kier molecular flexibility index (Phi) is 4.51. The summed E-state index contributed by atoms with van der Waals surface area (Å²) in [4.78, 5) is 22.2. The second-order valence-corrected chi connectivity index (χ2v) is 8.18. The van der Waals surface area contributed by atoms with Gasteiger partial charge in [0.25, 0.3) is 5.91 Å². The summed E-state index contributed by atoms with van der Waals surface area (Å²) in [6.45, 7) is 4.10. The summed E-state index contributed by atoms with van der Waals surface area (Å²) in [5.41, 5.74) is 3.46. The van der Waals surface area contributed by atoms with Crippen molar-refractivity contribution in [2.75, 3.05) is 5.32 Å². The fraction of sp³-hybridized carbons (Fsp3) is 0.286. The summed E-state index contributed by atoms with van der Waals surface area (Å²) in [5, 5.41) is 12.9. The number of hydrogen-bond donors (Lipinski definition) is 1. The maximum Gasteiger partial charge on any atom is 0.256 e. The van der Waals surface area contributed by atoms with Gasteiger partial charge in [-0.15, -0.1) is 0 Å². The van der Waals surface area contributed by atoms with E-state index in [1.54, 1.807) is 35.4 Å². The Bertz CT molecular complexity index is 1240. The molecule has 0 bridgehead atoms. The molecule has 0 spiro atoms. The molecule has 0 saturated heterocycles. The van der Waals surface area contributed by atoms with Crippen molar-refractivity contribution in [3.8, 4) is 5.69 Å². The molecule has 1 aromatic carbocycles. The van der Waals surface area contributed by atoms with Gasteiger partial charge in [-0.1, -0.05) is 11.6 Å². The number of halogens is 1. The number of amides is 1. The number of nitrogens with zero attached hydrogens (tertiary/aromatic N) is 6. The Morgan fingerprint density at radius 3 is 2.77 bits per heavy atom. The third-order valence-electron chi connectivity index (χ3n) is 5.19. The van der Waals surface area contributed by atoms with Gasteiger partial charge in [0.1, 0.15) is 12.7 Å². The van der Waals surface area contributed by atoms with Crippen LogP contribution in [0.5, 0.6) is 0 Å². The highest BCUT2D eigenvalue weighted by Gasteiger charge is 2.28. The molecule has 4 aromatic rings. The zero-order chi connectivity index (χ0) is 20.8. The first-order valence-electron chi connectivity index (χ1n) is 9.85. The minimum Gasteiger partial charge on any atom is -0.320 e. The molecule has 30 heavy (non-hydrogen) atoms. The number of pyridine rings is 1. The first-order chi connectivity index (χ1) is 14.5. The van der Waals surface area contributed by atoms with E-state index in [-0.39, 0.29) is 11.9 Å². The zero-order valence-corrected chi connectivity index (χ0v) is 17.3. The quantitative estimate of drug-likeness (QED) is 0.516. The van der Waals surface area contributed by atoms with Crippen LogP contribution in [0.2, 0.25) is 5.02 Å². The van der Waals surface area contributed by atoms with Crippen molar-refractivity contribution in [1.82, 2.24) is 29.5 Å². The van der Waals surface area contributed by atoms with Crippen LogP contribution in [0.1, 0.15) is 54.7 Å². The summed E-state index contributed by atoms with van der Waals surface area (Å²) < 4.78 is 3.44. The topological polar surface area (TPSA) is 90.5 Å². The van der Waals surface area contributed by atoms with Gasteiger partial charge < -0.3 is 5.32 Å². The van der Waals surface area contributed by atoms with Gasteiger partial charge in [-0.05, 0) is 51.0 Å². The second kappa shape index (κ2) is 7.21. The second-order valence-electron chi connectivity index (χ2n) is 7.74. The fourth-order valence-electron chi connectivity index (χ4n) is 3.52. The Labute approximate surface area is 177 Å². The molecule has 1 aliphatic rings. The Morgan fingerprint density at radius 1 is 1.23 bits per heavy atom. The van der Waals surface area contributed by atoms with E-state index < -0.39 is 0 Å². The van der Waals surface area contributed by atoms with E-state index >= 15 is 0 Å². The molecule has 1 amide bonds. The van der Waals surface area contributed by atoms with Crippen molar-refractivity contribution >= 4 is 34.2 Å². The van der Waals surface area contributed by atoms with Gasteiger partial charge >= 0.3 is 0 Å². The average Bonchev–Trinajstić information content (AvgIpc) is 3.25. The number of rotatable bonds is 5. The van der Waals surface area contributed by atoms with Crippen LogP contribution in [0.25, 0.3) is 16.7 Å². The van der Waals surface area contributed by atoms with Crippen LogP contribution in [0, 0.1) is 0 Å². The molecule has 3 heterocycles. The third-order valence-corrected chi connectivity index (χ3v) is 5.42. The third kappa shape index (κ3) is 3.33. The van der Waals surface area contributed by atoms with Gasteiger partial charge in [0.2, 0.25) is 0 Å². The van der Waals surface area contributed by atoms with Crippen LogP contribution in [0.3, 0.4) is 0 Å². The van der Waals surface area contributed by atoms with Crippen molar-refractivity contribution in [3.63, 3.8) is 0 Å². The molecule has 0 atom stereocenters. The molecule has 1 saturated carbocycles. The van der Waals surface area contributed by atoms with Gasteiger partial charge in [-0.2, -0.15) is 10.2 Å². The summed E-state index contributed by atoms with van der Waals surface area (Å²) in [5.74, 6) is 0.171. The van der Waals surface area contributed by atoms with Crippen molar-refractivity contribution in [1.29, 1.82) is 0 Å². The average molecular weight is 422 g/mol. The molecule has 5 rings (SSSR count). The summed E-state index contributed by atoms with van der Waals surface area (Å²) >= 11 is 6.20. The molecule has 8 nitrogen and oxygen atoms in total. The lowest BCUT2D eigenvalue weighted by molar-refractivity contribution is 0.102. The normalized spacial score (nSPS) is 13.9. The van der Waals surface area contributed by atoms with Gasteiger partial charge in [-0.3, -0.25) is 4.79 Å². The summed E-state index contributed by atoms with van der Waals surface area (Å²) in [6.07, 6.45) is 6.92. The molecule has 1 fully saturated rings. The van der Waals surface area contributed by atoms with E-state index in [0.29, 0.717) is 27.9 Å². The van der Waals surface area contributed by atoms with Gasteiger partial charge in [-0.25, -0.2) is 19.3 Å². The van der Waals surface area contributed by atoms with Gasteiger partial charge in [0.05, 0.1) is 28.5 Å². The number of benzene rings is 1. The van der Waals surface area contributed by atoms with Crippen molar-refractivity contribution in [3.05, 3.63) is 59.4 Å². The molecular formula is C21H20ClN7O. The number of aromatic nitrogens is 6. The predicted molar refractivity (Wildman–Crippen MR) is 114 cm³/mol. The van der Waals surface area contributed by atoms with Crippen LogP contribution in [-0.2, 0) is 0 Å². The molecule has 1 aliphatic carbocycles. The minimum atomic E-state index is -0.240. The van der Waals surface area contributed by atoms with Crippen LogP contribution >= 0.6 is 11.6 Å². The first kappa shape index (κ1) is 18.7. The summed E-state index contributed by atoms with van der Waals surface area (Å²) in [6, 6.07) is 7.28. The highest BCUT2D eigenvalue weighted by molar-refractivity contribution is 6.31. The Balaban J connectivity index is 1.59. The highest BCUT2D eigenvalue weighted by atomic mass is 35.5. The largest absolute Gasteiger partial charge is 0.320 e. The lowest BCUT2D eigenvalue weighted by Gasteiger charge is -2.13. The molecule has 0 aliphatic heterocycles. The molecule has 9 heteroatoms. The maximum atomic E-state index is 13.4. The van der Waals surface area contributed by atoms with Gasteiger partial charge in [0.15, 0.2) is 5.65 Å². The zero-order valence-electron chi connectivity index (χ0n) is 16.6. The SMILES string of the molecule is CC(C)n1ncc2c(C(=O)Nc3cc(Cl)ccc3-n3cncn3)cc(C3CC3)nc21. The number of carbonyl (C=O) groups is 1. The van der Waals surface area contributed by atoms with Crippen LogP contribution in [0.15, 0.2) is 43.1 Å².